The van der Waals surface area contributed by atoms with Gasteiger partial charge < -0.3 is 9.73 Å². The number of furan rings is 1. The molecular weight excluding hydrogens is 228 g/mol. The third kappa shape index (κ3) is 1.82. The number of carbonyl (C=O) groups is 1. The minimum absolute atomic E-state index is 0.0381. The molecule has 5 heteroatoms. The molecule has 0 saturated carbocycles. The van der Waals surface area contributed by atoms with Gasteiger partial charge in [-0.2, -0.15) is 0 Å². The number of benzene rings is 1. The molecule has 1 heterocycles. The summed E-state index contributed by atoms with van der Waals surface area (Å²) in [4.78, 5) is 11.8. The van der Waals surface area contributed by atoms with E-state index in [4.69, 9.17) is 4.42 Å². The maximum atomic E-state index is 13.9. The molecule has 0 aliphatic heterocycles. The second kappa shape index (κ2) is 4.25. The van der Waals surface area contributed by atoms with Gasteiger partial charge in [-0.05, 0) is 26.1 Å². The van der Waals surface area contributed by atoms with Crippen molar-refractivity contribution in [2.75, 3.05) is 7.05 Å². The van der Waals surface area contributed by atoms with Crippen LogP contribution in [0, 0.1) is 11.6 Å². The third-order valence-electron chi connectivity index (χ3n) is 2.72. The Kier molecular flexibility index (Phi) is 2.93. The highest BCUT2D eigenvalue weighted by atomic mass is 19.1. The van der Waals surface area contributed by atoms with Crippen LogP contribution in [0.25, 0.3) is 11.0 Å². The van der Waals surface area contributed by atoms with Gasteiger partial charge in [-0.15, -0.1) is 0 Å². The summed E-state index contributed by atoms with van der Waals surface area (Å²) in [5.41, 5.74) is -0.525. The number of fused-ring (bicyclic) bond motifs is 1. The minimum Gasteiger partial charge on any atom is -0.461 e. The zero-order chi connectivity index (χ0) is 12.6. The number of nitrogens with one attached hydrogen (secondary N) is 1. The van der Waals surface area contributed by atoms with Crippen molar-refractivity contribution in [1.82, 2.24) is 5.32 Å². The maximum absolute atomic E-state index is 13.9. The molecule has 0 aliphatic rings. The highest BCUT2D eigenvalue weighted by Gasteiger charge is 2.22. The van der Waals surface area contributed by atoms with E-state index < -0.39 is 23.5 Å². The summed E-state index contributed by atoms with van der Waals surface area (Å²) in [6.07, 6.45) is 1.19. The molecule has 1 aromatic carbocycles. The van der Waals surface area contributed by atoms with Gasteiger partial charge in [0.1, 0.15) is 5.82 Å². The van der Waals surface area contributed by atoms with Crippen molar-refractivity contribution in [2.24, 2.45) is 0 Å². The second-order valence-corrected chi connectivity index (χ2v) is 3.76. The Bertz CT molecular complexity index is 577. The second-order valence-electron chi connectivity index (χ2n) is 3.76. The fraction of sp³-hybridized carbons (Fsp3) is 0.250. The molecule has 1 aromatic heterocycles. The highest BCUT2D eigenvalue weighted by molar-refractivity contribution is 6.02. The van der Waals surface area contributed by atoms with Crippen LogP contribution < -0.4 is 5.32 Å². The van der Waals surface area contributed by atoms with Crippen molar-refractivity contribution in [3.63, 3.8) is 0 Å². The summed E-state index contributed by atoms with van der Waals surface area (Å²) in [5.74, 6) is -2.00. The van der Waals surface area contributed by atoms with E-state index >= 15 is 0 Å². The van der Waals surface area contributed by atoms with Gasteiger partial charge in [-0.25, -0.2) is 8.78 Å². The quantitative estimate of drug-likeness (QED) is 0.837. The standard InChI is InChI=1S/C12H11F2NO2/c1-6(15-2)11(16)8-5-9(13)7-3-4-17-12(7)10(8)14/h3-6,15H,1-2H3/t6-/m0/s1. The fourth-order valence-electron chi connectivity index (χ4n) is 1.60. The Hall–Kier alpha value is -1.75. The average molecular weight is 239 g/mol. The molecule has 0 amide bonds. The molecule has 0 fully saturated rings. The molecule has 1 atom stereocenters. The maximum Gasteiger partial charge on any atom is 0.182 e. The molecule has 0 unspecified atom stereocenters. The first kappa shape index (κ1) is 11.7. The lowest BCUT2D eigenvalue weighted by Gasteiger charge is -2.10. The monoisotopic (exact) mass is 239 g/mol. The smallest absolute Gasteiger partial charge is 0.182 e. The average Bonchev–Trinajstić information content (AvgIpc) is 2.81. The highest BCUT2D eigenvalue weighted by Crippen LogP contribution is 2.26. The SMILES string of the molecule is CN[C@@H](C)C(=O)c1cc(F)c2ccoc2c1F. The van der Waals surface area contributed by atoms with Crippen LogP contribution in [-0.4, -0.2) is 18.9 Å². The van der Waals surface area contributed by atoms with E-state index in [9.17, 15) is 13.6 Å². The summed E-state index contributed by atoms with van der Waals surface area (Å²) in [7, 11) is 1.57. The van der Waals surface area contributed by atoms with Gasteiger partial charge in [0.15, 0.2) is 17.2 Å². The number of ketones is 1. The van der Waals surface area contributed by atoms with Crippen molar-refractivity contribution >= 4 is 16.8 Å². The molecule has 90 valence electrons. The Morgan fingerprint density at radius 2 is 2.18 bits per heavy atom. The third-order valence-corrected chi connectivity index (χ3v) is 2.72. The van der Waals surface area contributed by atoms with E-state index in [1.54, 1.807) is 14.0 Å². The summed E-state index contributed by atoms with van der Waals surface area (Å²) in [6.45, 7) is 1.58. The van der Waals surface area contributed by atoms with E-state index in [0.717, 1.165) is 6.07 Å². The normalized spacial score (nSPS) is 12.9. The topological polar surface area (TPSA) is 42.2 Å². The number of rotatable bonds is 3. The van der Waals surface area contributed by atoms with Gasteiger partial charge in [-0.3, -0.25) is 4.79 Å². The first-order valence-electron chi connectivity index (χ1n) is 5.13. The molecule has 0 bridgehead atoms. The Morgan fingerprint density at radius 1 is 1.47 bits per heavy atom. The van der Waals surface area contributed by atoms with Crippen LogP contribution in [0.2, 0.25) is 0 Å². The summed E-state index contributed by atoms with van der Waals surface area (Å²) in [6, 6.07) is 1.64. The number of halogens is 2. The van der Waals surface area contributed by atoms with Gasteiger partial charge >= 0.3 is 0 Å². The molecule has 17 heavy (non-hydrogen) atoms. The first-order valence-corrected chi connectivity index (χ1v) is 5.13. The van der Waals surface area contributed by atoms with Crippen LogP contribution in [-0.2, 0) is 0 Å². The van der Waals surface area contributed by atoms with Crippen molar-refractivity contribution in [2.45, 2.75) is 13.0 Å². The van der Waals surface area contributed by atoms with E-state index in [-0.39, 0.29) is 16.5 Å². The Balaban J connectivity index is 2.62. The zero-order valence-corrected chi connectivity index (χ0v) is 9.38. The van der Waals surface area contributed by atoms with Crippen LogP contribution in [0.1, 0.15) is 17.3 Å². The predicted octanol–water partition coefficient (Wildman–Crippen LogP) is 2.50. The lowest BCUT2D eigenvalue weighted by molar-refractivity contribution is 0.0950. The van der Waals surface area contributed by atoms with Crippen molar-refractivity contribution in [1.29, 1.82) is 0 Å². The van der Waals surface area contributed by atoms with Gasteiger partial charge in [0.05, 0.1) is 23.3 Å². The van der Waals surface area contributed by atoms with Crippen molar-refractivity contribution in [3.05, 3.63) is 35.6 Å². The Labute approximate surface area is 96.4 Å². The molecule has 0 radical (unpaired) electrons. The lowest BCUT2D eigenvalue weighted by atomic mass is 10.0. The van der Waals surface area contributed by atoms with Crippen molar-refractivity contribution < 1.29 is 18.0 Å². The van der Waals surface area contributed by atoms with Gasteiger partial charge in [-0.1, -0.05) is 0 Å². The molecule has 0 spiro atoms. The predicted molar refractivity (Wildman–Crippen MR) is 59.0 cm³/mol. The summed E-state index contributed by atoms with van der Waals surface area (Å²) >= 11 is 0. The molecule has 0 aliphatic carbocycles. The van der Waals surface area contributed by atoms with Crippen LogP contribution in [0.4, 0.5) is 8.78 Å². The zero-order valence-electron chi connectivity index (χ0n) is 9.38. The molecule has 3 nitrogen and oxygen atoms in total. The number of likely N-dealkylation sites (N-methyl/N-ethyl adjacent to an activating group) is 1. The fourth-order valence-corrected chi connectivity index (χ4v) is 1.60. The lowest BCUT2D eigenvalue weighted by Crippen LogP contribution is -2.31. The molecular formula is C12H11F2NO2. The van der Waals surface area contributed by atoms with Gasteiger partial charge in [0.2, 0.25) is 0 Å². The number of hydrogen-bond donors (Lipinski definition) is 1. The number of Topliss-reactive ketones (excluding diaryl/α,β-unsaturated/α-hetero) is 1. The van der Waals surface area contributed by atoms with Crippen LogP contribution >= 0.6 is 0 Å². The van der Waals surface area contributed by atoms with E-state index in [1.807, 2.05) is 0 Å². The van der Waals surface area contributed by atoms with Crippen LogP contribution in [0.3, 0.4) is 0 Å². The summed E-state index contributed by atoms with van der Waals surface area (Å²) in [5, 5.41) is 2.72. The first-order chi connectivity index (χ1) is 8.06. The Morgan fingerprint density at radius 3 is 2.82 bits per heavy atom. The number of hydrogen-bond acceptors (Lipinski definition) is 3. The molecule has 2 rings (SSSR count). The molecule has 1 N–H and O–H groups in total. The largest absolute Gasteiger partial charge is 0.461 e. The molecule has 2 aromatic rings. The number of carbonyl (C=O) groups excluding carboxylic acids is 1. The van der Waals surface area contributed by atoms with E-state index in [1.165, 1.54) is 12.3 Å². The van der Waals surface area contributed by atoms with Gasteiger partial charge in [0, 0.05) is 0 Å². The minimum atomic E-state index is -0.821. The van der Waals surface area contributed by atoms with Crippen LogP contribution in [0.5, 0.6) is 0 Å². The van der Waals surface area contributed by atoms with Crippen LogP contribution in [0.15, 0.2) is 22.8 Å². The van der Waals surface area contributed by atoms with Gasteiger partial charge in [0.25, 0.3) is 0 Å². The summed E-state index contributed by atoms with van der Waals surface area (Å²) < 4.78 is 32.4. The van der Waals surface area contributed by atoms with E-state index in [2.05, 4.69) is 5.32 Å². The van der Waals surface area contributed by atoms with E-state index in [0.29, 0.717) is 0 Å². The molecule has 0 saturated heterocycles. The van der Waals surface area contributed by atoms with Crippen molar-refractivity contribution in [3.8, 4) is 0 Å².